The second-order valence-corrected chi connectivity index (χ2v) is 6.79. The molecule has 1 aliphatic heterocycles. The molecule has 21 heavy (non-hydrogen) atoms. The lowest BCUT2D eigenvalue weighted by Gasteiger charge is -2.30. The van der Waals surface area contributed by atoms with Crippen molar-refractivity contribution in [1.82, 2.24) is 15.5 Å². The van der Waals surface area contributed by atoms with Crippen molar-refractivity contribution in [2.24, 2.45) is 5.92 Å². The van der Waals surface area contributed by atoms with Crippen molar-refractivity contribution in [3.8, 4) is 0 Å². The summed E-state index contributed by atoms with van der Waals surface area (Å²) in [5, 5.41) is 7.93. The SMILES string of the molecule is C[C@@H](CNC(=O)N[C@@H]1CCC(=O)N(C)C1)Cc1cccs1. The molecule has 1 aliphatic rings. The quantitative estimate of drug-likeness (QED) is 0.872. The average Bonchev–Trinajstić information content (AvgIpc) is 2.93. The predicted octanol–water partition coefficient (Wildman–Crippen LogP) is 1.85. The first-order chi connectivity index (χ1) is 10.0. The summed E-state index contributed by atoms with van der Waals surface area (Å²) in [6.45, 7) is 3.38. The molecule has 5 nitrogen and oxygen atoms in total. The Morgan fingerprint density at radius 2 is 2.38 bits per heavy atom. The molecule has 2 N–H and O–H groups in total. The first-order valence-corrected chi connectivity index (χ1v) is 8.23. The molecule has 116 valence electrons. The molecule has 1 saturated heterocycles. The van der Waals surface area contributed by atoms with Crippen LogP contribution in [0.5, 0.6) is 0 Å². The van der Waals surface area contributed by atoms with Gasteiger partial charge in [-0.25, -0.2) is 4.79 Å². The standard InChI is InChI=1S/C15H23N3O2S/c1-11(8-13-4-3-7-21-13)9-16-15(20)17-12-5-6-14(19)18(2)10-12/h3-4,7,11-12H,5-6,8-10H2,1-2H3,(H2,16,17,20)/t11-,12-/m1/s1. The van der Waals surface area contributed by atoms with Crippen molar-refractivity contribution in [3.05, 3.63) is 22.4 Å². The Morgan fingerprint density at radius 1 is 1.57 bits per heavy atom. The summed E-state index contributed by atoms with van der Waals surface area (Å²) in [6.07, 6.45) is 2.22. The fraction of sp³-hybridized carbons (Fsp3) is 0.600. The van der Waals surface area contributed by atoms with Gasteiger partial charge in [-0.2, -0.15) is 0 Å². The Bertz CT molecular complexity index is 475. The zero-order valence-corrected chi connectivity index (χ0v) is 13.4. The second kappa shape index (κ2) is 7.45. The molecule has 1 aromatic rings. The smallest absolute Gasteiger partial charge is 0.315 e. The number of carbonyl (C=O) groups excluding carboxylic acids is 2. The molecule has 0 bridgehead atoms. The highest BCUT2D eigenvalue weighted by Gasteiger charge is 2.23. The van der Waals surface area contributed by atoms with Crippen LogP contribution in [0.25, 0.3) is 0 Å². The molecule has 0 spiro atoms. The monoisotopic (exact) mass is 309 g/mol. The topological polar surface area (TPSA) is 61.4 Å². The van der Waals surface area contributed by atoms with Gasteiger partial charge in [0.15, 0.2) is 0 Å². The van der Waals surface area contributed by atoms with Crippen LogP contribution in [-0.4, -0.2) is 43.0 Å². The number of rotatable bonds is 5. The number of likely N-dealkylation sites (tertiary alicyclic amines) is 1. The van der Waals surface area contributed by atoms with Gasteiger partial charge in [-0.3, -0.25) is 4.79 Å². The number of piperidine rings is 1. The molecule has 0 unspecified atom stereocenters. The third-order valence-electron chi connectivity index (χ3n) is 3.70. The molecule has 0 saturated carbocycles. The molecule has 2 atom stereocenters. The van der Waals surface area contributed by atoms with Gasteiger partial charge in [0.05, 0.1) is 0 Å². The van der Waals surface area contributed by atoms with Crippen LogP contribution in [0.2, 0.25) is 0 Å². The van der Waals surface area contributed by atoms with Crippen molar-refractivity contribution in [2.45, 2.75) is 32.2 Å². The number of nitrogens with one attached hydrogen (secondary N) is 2. The lowest BCUT2D eigenvalue weighted by atomic mass is 10.1. The largest absolute Gasteiger partial charge is 0.344 e. The van der Waals surface area contributed by atoms with Crippen LogP contribution in [-0.2, 0) is 11.2 Å². The lowest BCUT2D eigenvalue weighted by molar-refractivity contribution is -0.132. The van der Waals surface area contributed by atoms with Crippen LogP contribution in [0, 0.1) is 5.92 Å². The fourth-order valence-corrected chi connectivity index (χ4v) is 3.35. The van der Waals surface area contributed by atoms with Crippen LogP contribution in [0.3, 0.4) is 0 Å². The van der Waals surface area contributed by atoms with E-state index in [0.717, 1.165) is 12.8 Å². The van der Waals surface area contributed by atoms with Gasteiger partial charge in [0.1, 0.15) is 0 Å². The van der Waals surface area contributed by atoms with Crippen LogP contribution in [0.15, 0.2) is 17.5 Å². The number of hydrogen-bond acceptors (Lipinski definition) is 3. The number of nitrogens with zero attached hydrogens (tertiary/aromatic N) is 1. The summed E-state index contributed by atoms with van der Waals surface area (Å²) >= 11 is 1.75. The summed E-state index contributed by atoms with van der Waals surface area (Å²) in [5.74, 6) is 0.558. The Labute approximate surface area is 129 Å². The van der Waals surface area contributed by atoms with E-state index in [9.17, 15) is 9.59 Å². The van der Waals surface area contributed by atoms with Gasteiger partial charge in [-0.05, 0) is 30.2 Å². The molecular weight excluding hydrogens is 286 g/mol. The Balaban J connectivity index is 1.66. The molecule has 2 heterocycles. The van der Waals surface area contributed by atoms with Gasteiger partial charge in [0, 0.05) is 37.5 Å². The van der Waals surface area contributed by atoms with E-state index in [2.05, 4.69) is 29.0 Å². The van der Waals surface area contributed by atoms with Crippen molar-refractivity contribution < 1.29 is 9.59 Å². The maximum atomic E-state index is 11.9. The van der Waals surface area contributed by atoms with Gasteiger partial charge >= 0.3 is 6.03 Å². The maximum Gasteiger partial charge on any atom is 0.315 e. The van der Waals surface area contributed by atoms with Crippen molar-refractivity contribution in [1.29, 1.82) is 0 Å². The van der Waals surface area contributed by atoms with E-state index < -0.39 is 0 Å². The fourth-order valence-electron chi connectivity index (χ4n) is 2.48. The van der Waals surface area contributed by atoms with Crippen LogP contribution < -0.4 is 10.6 Å². The third-order valence-corrected chi connectivity index (χ3v) is 4.60. The number of likely N-dealkylation sites (N-methyl/N-ethyl adjacent to an activating group) is 1. The zero-order valence-electron chi connectivity index (χ0n) is 12.6. The first kappa shape index (κ1) is 15.8. The molecular formula is C15H23N3O2S. The highest BCUT2D eigenvalue weighted by atomic mass is 32.1. The average molecular weight is 309 g/mol. The Morgan fingerprint density at radius 3 is 3.05 bits per heavy atom. The molecule has 1 aromatic heterocycles. The van der Waals surface area contributed by atoms with E-state index in [-0.39, 0.29) is 18.0 Å². The number of carbonyl (C=O) groups is 2. The first-order valence-electron chi connectivity index (χ1n) is 7.35. The summed E-state index contributed by atoms with van der Waals surface area (Å²) in [5.41, 5.74) is 0. The lowest BCUT2D eigenvalue weighted by Crippen LogP contribution is -2.51. The number of thiophene rings is 1. The minimum absolute atomic E-state index is 0.0558. The molecule has 0 radical (unpaired) electrons. The summed E-state index contributed by atoms with van der Waals surface area (Å²) < 4.78 is 0. The van der Waals surface area contributed by atoms with Gasteiger partial charge in [0.2, 0.25) is 5.91 Å². The Hall–Kier alpha value is -1.56. The zero-order chi connectivity index (χ0) is 15.2. The highest BCUT2D eigenvalue weighted by molar-refractivity contribution is 7.09. The van der Waals surface area contributed by atoms with E-state index in [1.807, 2.05) is 6.07 Å². The maximum absolute atomic E-state index is 11.9. The molecule has 1 fully saturated rings. The minimum atomic E-state index is -0.138. The predicted molar refractivity (Wildman–Crippen MR) is 84.4 cm³/mol. The molecule has 2 rings (SSSR count). The van der Waals surface area contributed by atoms with E-state index in [0.29, 0.717) is 25.4 Å². The Kier molecular flexibility index (Phi) is 5.61. The van der Waals surface area contributed by atoms with Crippen LogP contribution >= 0.6 is 11.3 Å². The molecule has 0 aromatic carbocycles. The summed E-state index contributed by atoms with van der Waals surface area (Å²) in [6, 6.07) is 4.09. The minimum Gasteiger partial charge on any atom is -0.344 e. The van der Waals surface area contributed by atoms with Crippen molar-refractivity contribution in [2.75, 3.05) is 20.1 Å². The number of hydrogen-bond donors (Lipinski definition) is 2. The number of amides is 3. The third kappa shape index (κ3) is 5.04. The van der Waals surface area contributed by atoms with Crippen molar-refractivity contribution in [3.63, 3.8) is 0 Å². The molecule has 3 amide bonds. The highest BCUT2D eigenvalue weighted by Crippen LogP contribution is 2.14. The van der Waals surface area contributed by atoms with Crippen molar-refractivity contribution >= 4 is 23.3 Å². The van der Waals surface area contributed by atoms with E-state index in [1.165, 1.54) is 4.88 Å². The normalized spacial score (nSPS) is 20.2. The summed E-state index contributed by atoms with van der Waals surface area (Å²) in [4.78, 5) is 26.3. The number of urea groups is 1. The van der Waals surface area contributed by atoms with Gasteiger partial charge in [-0.1, -0.05) is 13.0 Å². The molecule has 6 heteroatoms. The molecule has 0 aliphatic carbocycles. The van der Waals surface area contributed by atoms with Gasteiger partial charge in [-0.15, -0.1) is 11.3 Å². The van der Waals surface area contributed by atoms with E-state index in [1.54, 1.807) is 23.3 Å². The van der Waals surface area contributed by atoms with Crippen LogP contribution in [0.4, 0.5) is 4.79 Å². The van der Waals surface area contributed by atoms with E-state index in [4.69, 9.17) is 0 Å². The van der Waals surface area contributed by atoms with Crippen LogP contribution in [0.1, 0.15) is 24.6 Å². The van der Waals surface area contributed by atoms with Gasteiger partial charge < -0.3 is 15.5 Å². The van der Waals surface area contributed by atoms with Gasteiger partial charge in [0.25, 0.3) is 0 Å². The van der Waals surface area contributed by atoms with E-state index >= 15 is 0 Å². The second-order valence-electron chi connectivity index (χ2n) is 5.75. The summed E-state index contributed by atoms with van der Waals surface area (Å²) in [7, 11) is 1.77.